The van der Waals surface area contributed by atoms with E-state index >= 15 is 0 Å². The second kappa shape index (κ2) is 5.42. The first kappa shape index (κ1) is 12.4. The summed E-state index contributed by atoms with van der Waals surface area (Å²) in [6, 6.07) is 2.01. The first-order valence-corrected chi connectivity index (χ1v) is 6.61. The molecule has 2 unspecified atom stereocenters. The molecule has 1 heterocycles. The van der Waals surface area contributed by atoms with Gasteiger partial charge in [0.25, 0.3) is 0 Å². The SMILES string of the molecule is CCC(N)CS(=O)Cc1cc(C)nn1C. The molecule has 2 atom stereocenters. The van der Waals surface area contributed by atoms with Crippen LogP contribution in [0.1, 0.15) is 24.7 Å². The summed E-state index contributed by atoms with van der Waals surface area (Å²) in [6.07, 6.45) is 0.871. The van der Waals surface area contributed by atoms with Gasteiger partial charge in [-0.15, -0.1) is 0 Å². The molecule has 0 bridgehead atoms. The number of aromatic nitrogens is 2. The van der Waals surface area contributed by atoms with Crippen molar-refractivity contribution < 1.29 is 4.21 Å². The molecule has 0 fully saturated rings. The minimum absolute atomic E-state index is 0.0418. The van der Waals surface area contributed by atoms with Gasteiger partial charge in [0.15, 0.2) is 0 Å². The van der Waals surface area contributed by atoms with Crippen molar-refractivity contribution in [2.45, 2.75) is 32.1 Å². The van der Waals surface area contributed by atoms with Gasteiger partial charge in [-0.05, 0) is 19.4 Å². The molecule has 0 aliphatic carbocycles. The maximum atomic E-state index is 11.7. The number of nitrogens with two attached hydrogens (primary N) is 1. The predicted molar refractivity (Wildman–Crippen MR) is 62.9 cm³/mol. The quantitative estimate of drug-likeness (QED) is 0.809. The molecule has 1 rings (SSSR count). The standard InChI is InChI=1S/C10H19N3OS/c1-4-9(11)6-15(14)7-10-5-8(2)12-13(10)3/h5,9H,4,6-7,11H2,1-3H3. The molecule has 4 nitrogen and oxygen atoms in total. The average Bonchev–Trinajstić information content (AvgIpc) is 2.44. The Hall–Kier alpha value is -0.680. The number of rotatable bonds is 5. The van der Waals surface area contributed by atoms with Crippen molar-refractivity contribution in [1.82, 2.24) is 9.78 Å². The average molecular weight is 229 g/mol. The van der Waals surface area contributed by atoms with Gasteiger partial charge in [0.05, 0.1) is 17.1 Å². The van der Waals surface area contributed by atoms with E-state index in [1.165, 1.54) is 0 Å². The van der Waals surface area contributed by atoms with E-state index in [0.29, 0.717) is 11.5 Å². The molecule has 0 amide bonds. The van der Waals surface area contributed by atoms with Gasteiger partial charge in [0.2, 0.25) is 0 Å². The van der Waals surface area contributed by atoms with Gasteiger partial charge in [0, 0.05) is 29.6 Å². The van der Waals surface area contributed by atoms with Gasteiger partial charge < -0.3 is 5.73 Å². The summed E-state index contributed by atoms with van der Waals surface area (Å²) in [6.45, 7) is 3.94. The van der Waals surface area contributed by atoms with Crippen LogP contribution in [0.5, 0.6) is 0 Å². The number of nitrogens with zero attached hydrogens (tertiary/aromatic N) is 2. The molecule has 0 saturated carbocycles. The smallest absolute Gasteiger partial charge is 0.0656 e. The molecule has 1 aromatic rings. The fourth-order valence-electron chi connectivity index (χ4n) is 1.38. The highest BCUT2D eigenvalue weighted by atomic mass is 32.2. The second-order valence-corrected chi connectivity index (χ2v) is 5.32. The topological polar surface area (TPSA) is 60.9 Å². The minimum Gasteiger partial charge on any atom is -0.327 e. The summed E-state index contributed by atoms with van der Waals surface area (Å²) in [5.74, 6) is 1.12. The van der Waals surface area contributed by atoms with Gasteiger partial charge in [-0.3, -0.25) is 8.89 Å². The van der Waals surface area contributed by atoms with Gasteiger partial charge in [-0.1, -0.05) is 6.92 Å². The molecule has 0 spiro atoms. The first-order chi connectivity index (χ1) is 7.02. The monoisotopic (exact) mass is 229 g/mol. The zero-order valence-electron chi connectivity index (χ0n) is 9.56. The molecule has 0 aliphatic rings. The zero-order valence-corrected chi connectivity index (χ0v) is 10.4. The van der Waals surface area contributed by atoms with Gasteiger partial charge in [-0.25, -0.2) is 0 Å². The van der Waals surface area contributed by atoms with Crippen LogP contribution in [0, 0.1) is 6.92 Å². The highest BCUT2D eigenvalue weighted by Crippen LogP contribution is 2.06. The fourth-order valence-corrected chi connectivity index (χ4v) is 2.81. The van der Waals surface area contributed by atoms with E-state index in [2.05, 4.69) is 5.10 Å². The largest absolute Gasteiger partial charge is 0.327 e. The molecule has 1 aromatic heterocycles. The molecule has 0 saturated heterocycles. The van der Waals surface area contributed by atoms with Crippen molar-refractivity contribution in [2.24, 2.45) is 12.8 Å². The summed E-state index contributed by atoms with van der Waals surface area (Å²) < 4.78 is 13.5. The maximum Gasteiger partial charge on any atom is 0.0656 e. The van der Waals surface area contributed by atoms with E-state index in [1.54, 1.807) is 4.68 Å². The van der Waals surface area contributed by atoms with Gasteiger partial charge in [0.1, 0.15) is 0 Å². The Bertz CT molecular complexity index is 348. The molecule has 0 aromatic carbocycles. The highest BCUT2D eigenvalue weighted by Gasteiger charge is 2.10. The van der Waals surface area contributed by atoms with Crippen LogP contribution in [-0.4, -0.2) is 25.8 Å². The third-order valence-electron chi connectivity index (χ3n) is 2.33. The lowest BCUT2D eigenvalue weighted by Gasteiger charge is -2.08. The molecule has 0 aliphatic heterocycles. The summed E-state index contributed by atoms with van der Waals surface area (Å²) in [7, 11) is 0.991. The number of hydrogen-bond acceptors (Lipinski definition) is 3. The Labute approximate surface area is 93.3 Å². The molecule has 86 valence electrons. The molecule has 0 radical (unpaired) electrons. The van der Waals surface area contributed by atoms with Crippen LogP contribution in [0.25, 0.3) is 0 Å². The zero-order chi connectivity index (χ0) is 11.4. The van der Waals surface area contributed by atoms with Crippen LogP contribution in [0.2, 0.25) is 0 Å². The van der Waals surface area contributed by atoms with E-state index in [9.17, 15) is 4.21 Å². The third kappa shape index (κ3) is 3.76. The Morgan fingerprint density at radius 2 is 2.33 bits per heavy atom. The van der Waals surface area contributed by atoms with Crippen LogP contribution in [0.15, 0.2) is 6.07 Å². The van der Waals surface area contributed by atoms with E-state index in [4.69, 9.17) is 5.73 Å². The summed E-state index contributed by atoms with van der Waals surface area (Å²) in [5, 5.41) is 4.21. The predicted octanol–water partition coefficient (Wildman–Crippen LogP) is 0.715. The van der Waals surface area contributed by atoms with E-state index in [-0.39, 0.29) is 6.04 Å². The number of aryl methyl sites for hydroxylation is 2. The lowest BCUT2D eigenvalue weighted by Crippen LogP contribution is -2.26. The van der Waals surface area contributed by atoms with Crippen LogP contribution < -0.4 is 5.73 Å². The van der Waals surface area contributed by atoms with Crippen molar-refractivity contribution in [1.29, 1.82) is 0 Å². The van der Waals surface area contributed by atoms with Crippen LogP contribution in [-0.2, 0) is 23.6 Å². The van der Waals surface area contributed by atoms with Crippen molar-refractivity contribution in [2.75, 3.05) is 5.75 Å². The highest BCUT2D eigenvalue weighted by molar-refractivity contribution is 7.84. The summed E-state index contributed by atoms with van der Waals surface area (Å²) >= 11 is 0. The van der Waals surface area contributed by atoms with Crippen molar-refractivity contribution >= 4 is 10.8 Å². The van der Waals surface area contributed by atoms with Crippen molar-refractivity contribution in [3.8, 4) is 0 Å². The molecule has 5 heteroatoms. The van der Waals surface area contributed by atoms with Gasteiger partial charge >= 0.3 is 0 Å². The Morgan fingerprint density at radius 3 is 2.80 bits per heavy atom. The lowest BCUT2D eigenvalue weighted by atomic mass is 10.3. The van der Waals surface area contributed by atoms with Crippen LogP contribution >= 0.6 is 0 Å². The molecule has 15 heavy (non-hydrogen) atoms. The van der Waals surface area contributed by atoms with Crippen LogP contribution in [0.4, 0.5) is 0 Å². The Morgan fingerprint density at radius 1 is 1.67 bits per heavy atom. The summed E-state index contributed by atoms with van der Waals surface area (Å²) in [4.78, 5) is 0. The number of hydrogen-bond donors (Lipinski definition) is 1. The molecule has 2 N–H and O–H groups in total. The maximum absolute atomic E-state index is 11.7. The normalized spacial score (nSPS) is 15.2. The third-order valence-corrected chi connectivity index (χ3v) is 3.75. The van der Waals surface area contributed by atoms with E-state index in [1.807, 2.05) is 27.0 Å². The Balaban J connectivity index is 2.55. The second-order valence-electron chi connectivity index (χ2n) is 3.82. The van der Waals surface area contributed by atoms with Crippen molar-refractivity contribution in [3.63, 3.8) is 0 Å². The first-order valence-electron chi connectivity index (χ1n) is 5.13. The summed E-state index contributed by atoms with van der Waals surface area (Å²) in [5.41, 5.74) is 7.73. The Kier molecular flexibility index (Phi) is 4.47. The lowest BCUT2D eigenvalue weighted by molar-refractivity contribution is 0.658. The molecular formula is C10H19N3OS. The van der Waals surface area contributed by atoms with E-state index in [0.717, 1.165) is 17.8 Å². The minimum atomic E-state index is -0.884. The van der Waals surface area contributed by atoms with Crippen LogP contribution in [0.3, 0.4) is 0 Å². The van der Waals surface area contributed by atoms with Gasteiger partial charge in [-0.2, -0.15) is 5.10 Å². The molecular weight excluding hydrogens is 210 g/mol. The fraction of sp³-hybridized carbons (Fsp3) is 0.700. The van der Waals surface area contributed by atoms with E-state index < -0.39 is 10.8 Å². The van der Waals surface area contributed by atoms with Crippen molar-refractivity contribution in [3.05, 3.63) is 17.5 Å².